The molecular weight excluding hydrogens is 227 g/mol. The van der Waals surface area contributed by atoms with E-state index in [1.54, 1.807) is 13.8 Å². The number of nitrogens with zero attached hydrogens (tertiary/aromatic N) is 1. The topological polar surface area (TPSA) is 76.4 Å². The average Bonchev–Trinajstić information content (AvgIpc) is 2.09. The highest BCUT2D eigenvalue weighted by molar-refractivity contribution is 7.80. The number of thiocarbonyl (C=S) groups is 1. The van der Waals surface area contributed by atoms with Gasteiger partial charge in [-0.1, -0.05) is 0 Å². The van der Waals surface area contributed by atoms with Gasteiger partial charge in [0.1, 0.15) is 5.82 Å². The van der Waals surface area contributed by atoms with Gasteiger partial charge in [0, 0.05) is 5.69 Å². The van der Waals surface area contributed by atoms with Crippen LogP contribution in [0.15, 0.2) is 17.1 Å². The monoisotopic (exact) mass is 240 g/mol. The van der Waals surface area contributed by atoms with Crippen LogP contribution in [0.3, 0.4) is 0 Å². The van der Waals surface area contributed by atoms with Gasteiger partial charge in [0.2, 0.25) is 5.11 Å². The summed E-state index contributed by atoms with van der Waals surface area (Å²) in [6.07, 6.45) is 0. The molecule has 0 saturated heterocycles. The number of guanidine groups is 1. The minimum atomic E-state index is -0.284. The minimum absolute atomic E-state index is 0.116. The van der Waals surface area contributed by atoms with Crippen LogP contribution in [0.25, 0.3) is 0 Å². The zero-order valence-electron chi connectivity index (χ0n) is 9.04. The van der Waals surface area contributed by atoms with Crippen molar-refractivity contribution in [3.63, 3.8) is 0 Å². The van der Waals surface area contributed by atoms with E-state index in [1.807, 2.05) is 0 Å². The summed E-state index contributed by atoms with van der Waals surface area (Å²) in [5.41, 5.74) is 12.6. The second kappa shape index (κ2) is 4.89. The van der Waals surface area contributed by atoms with Gasteiger partial charge in [-0.05, 0) is 49.3 Å². The summed E-state index contributed by atoms with van der Waals surface area (Å²) in [6, 6.07) is 2.82. The highest BCUT2D eigenvalue weighted by atomic mass is 32.1. The third kappa shape index (κ3) is 3.16. The Kier molecular flexibility index (Phi) is 3.78. The number of halogens is 1. The van der Waals surface area contributed by atoms with Crippen molar-refractivity contribution in [2.45, 2.75) is 13.8 Å². The van der Waals surface area contributed by atoms with E-state index in [0.717, 1.165) is 16.8 Å². The number of anilines is 1. The third-order valence-electron chi connectivity index (χ3n) is 1.96. The molecule has 86 valence electrons. The van der Waals surface area contributed by atoms with Crippen molar-refractivity contribution < 1.29 is 4.39 Å². The molecule has 1 aromatic rings. The molecule has 0 spiro atoms. The molecular formula is C10H13FN4S. The number of hydrogen-bond donors (Lipinski definition) is 3. The van der Waals surface area contributed by atoms with Crippen molar-refractivity contribution in [3.8, 4) is 0 Å². The van der Waals surface area contributed by atoms with E-state index in [4.69, 9.17) is 23.7 Å². The molecule has 0 bridgehead atoms. The van der Waals surface area contributed by atoms with E-state index in [9.17, 15) is 4.39 Å². The molecule has 1 rings (SSSR count). The molecule has 0 heterocycles. The fourth-order valence-electron chi connectivity index (χ4n) is 1.36. The Balaban J connectivity index is 2.98. The van der Waals surface area contributed by atoms with Gasteiger partial charge >= 0.3 is 0 Å². The molecule has 0 aliphatic rings. The Morgan fingerprint density at radius 1 is 1.31 bits per heavy atom. The maximum Gasteiger partial charge on any atom is 0.200 e. The summed E-state index contributed by atoms with van der Waals surface area (Å²) in [4.78, 5) is 3.68. The normalized spacial score (nSPS) is 9.69. The fourth-order valence-corrected chi connectivity index (χ4v) is 1.57. The van der Waals surface area contributed by atoms with Gasteiger partial charge in [0.15, 0.2) is 5.96 Å². The molecule has 6 heteroatoms. The lowest BCUT2D eigenvalue weighted by molar-refractivity contribution is 0.625. The van der Waals surface area contributed by atoms with E-state index in [2.05, 4.69) is 10.3 Å². The largest absolute Gasteiger partial charge is 0.370 e. The van der Waals surface area contributed by atoms with Crippen LogP contribution in [0.5, 0.6) is 0 Å². The van der Waals surface area contributed by atoms with Gasteiger partial charge < -0.3 is 16.8 Å². The SMILES string of the molecule is Cc1cc(F)cc(C)c1NC(=S)N=C(N)N. The minimum Gasteiger partial charge on any atom is -0.370 e. The van der Waals surface area contributed by atoms with E-state index in [0.29, 0.717) is 0 Å². The number of hydrogen-bond acceptors (Lipinski definition) is 1. The molecule has 0 saturated carbocycles. The van der Waals surface area contributed by atoms with Crippen LogP contribution in [-0.2, 0) is 0 Å². The molecule has 0 aliphatic heterocycles. The summed E-state index contributed by atoms with van der Waals surface area (Å²) < 4.78 is 13.0. The molecule has 16 heavy (non-hydrogen) atoms. The van der Waals surface area contributed by atoms with Crippen molar-refractivity contribution >= 4 is 29.0 Å². The summed E-state index contributed by atoms with van der Waals surface area (Å²) in [7, 11) is 0. The zero-order valence-corrected chi connectivity index (χ0v) is 9.86. The Bertz CT molecular complexity index is 429. The van der Waals surface area contributed by atoms with E-state index >= 15 is 0 Å². The van der Waals surface area contributed by atoms with Gasteiger partial charge in [-0.25, -0.2) is 4.39 Å². The van der Waals surface area contributed by atoms with Gasteiger partial charge in [-0.2, -0.15) is 4.99 Å². The molecule has 4 nitrogen and oxygen atoms in total. The Hall–Kier alpha value is -1.69. The molecule has 0 fully saturated rings. The molecule has 0 aromatic heterocycles. The first kappa shape index (κ1) is 12.4. The van der Waals surface area contributed by atoms with Crippen LogP contribution in [0.4, 0.5) is 10.1 Å². The maximum absolute atomic E-state index is 13.0. The zero-order chi connectivity index (χ0) is 12.3. The van der Waals surface area contributed by atoms with Crippen LogP contribution in [0.1, 0.15) is 11.1 Å². The summed E-state index contributed by atoms with van der Waals surface area (Å²) in [6.45, 7) is 3.55. The van der Waals surface area contributed by atoms with Crippen LogP contribution in [-0.4, -0.2) is 11.1 Å². The van der Waals surface area contributed by atoms with E-state index in [1.165, 1.54) is 12.1 Å². The Morgan fingerprint density at radius 3 is 2.25 bits per heavy atom. The van der Waals surface area contributed by atoms with Gasteiger partial charge in [0.05, 0.1) is 0 Å². The first-order valence-electron chi connectivity index (χ1n) is 4.57. The van der Waals surface area contributed by atoms with Crippen molar-refractivity contribution in [1.82, 2.24) is 0 Å². The van der Waals surface area contributed by atoms with Crippen LogP contribution < -0.4 is 16.8 Å². The smallest absolute Gasteiger partial charge is 0.200 e. The number of nitrogens with two attached hydrogens (primary N) is 2. The molecule has 0 aliphatic carbocycles. The molecule has 5 N–H and O–H groups in total. The predicted molar refractivity (Wildman–Crippen MR) is 67.9 cm³/mol. The first-order chi connectivity index (χ1) is 7.40. The predicted octanol–water partition coefficient (Wildman–Crippen LogP) is 1.41. The van der Waals surface area contributed by atoms with Crippen molar-refractivity contribution in [1.29, 1.82) is 0 Å². The number of rotatable bonds is 1. The van der Waals surface area contributed by atoms with Crippen molar-refractivity contribution in [3.05, 3.63) is 29.1 Å². The maximum atomic E-state index is 13.0. The number of benzene rings is 1. The molecule has 0 unspecified atom stereocenters. The summed E-state index contributed by atoms with van der Waals surface area (Å²) >= 11 is 4.91. The van der Waals surface area contributed by atoms with Crippen LogP contribution in [0, 0.1) is 19.7 Å². The standard InChI is InChI=1S/C10H13FN4S/c1-5-3-7(11)4-6(2)8(5)14-10(16)15-9(12)13/h3-4H,1-2H3,(H5,12,13,14,15,16). The van der Waals surface area contributed by atoms with Crippen molar-refractivity contribution in [2.75, 3.05) is 5.32 Å². The lowest BCUT2D eigenvalue weighted by atomic mass is 10.1. The number of aryl methyl sites for hydroxylation is 2. The average molecular weight is 240 g/mol. The molecule has 0 radical (unpaired) electrons. The fraction of sp³-hybridized carbons (Fsp3) is 0.200. The van der Waals surface area contributed by atoms with Crippen LogP contribution in [0.2, 0.25) is 0 Å². The number of nitrogens with one attached hydrogen (secondary N) is 1. The van der Waals surface area contributed by atoms with E-state index < -0.39 is 0 Å². The van der Waals surface area contributed by atoms with Crippen LogP contribution >= 0.6 is 12.2 Å². The lowest BCUT2D eigenvalue weighted by Crippen LogP contribution is -2.25. The first-order valence-corrected chi connectivity index (χ1v) is 4.98. The Morgan fingerprint density at radius 2 is 1.81 bits per heavy atom. The molecule has 1 aromatic carbocycles. The molecule has 0 atom stereocenters. The number of aliphatic imine (C=N–C) groups is 1. The van der Waals surface area contributed by atoms with Crippen molar-refractivity contribution in [2.24, 2.45) is 16.5 Å². The lowest BCUT2D eigenvalue weighted by Gasteiger charge is -2.11. The second-order valence-electron chi connectivity index (χ2n) is 3.38. The van der Waals surface area contributed by atoms with Gasteiger partial charge in [-0.15, -0.1) is 0 Å². The van der Waals surface area contributed by atoms with Gasteiger partial charge in [0.25, 0.3) is 0 Å². The highest BCUT2D eigenvalue weighted by Crippen LogP contribution is 2.21. The van der Waals surface area contributed by atoms with Gasteiger partial charge in [-0.3, -0.25) is 0 Å². The van der Waals surface area contributed by atoms with E-state index in [-0.39, 0.29) is 16.9 Å². The quantitative estimate of drug-likeness (QED) is 0.394. The Labute approximate surface area is 98.5 Å². The summed E-state index contributed by atoms with van der Waals surface area (Å²) in [5, 5.41) is 3.01. The summed E-state index contributed by atoms with van der Waals surface area (Å²) in [5.74, 6) is -0.400. The third-order valence-corrected chi connectivity index (χ3v) is 2.15. The highest BCUT2D eigenvalue weighted by Gasteiger charge is 2.06. The second-order valence-corrected chi connectivity index (χ2v) is 3.77. The molecule has 0 amide bonds.